The van der Waals surface area contributed by atoms with Crippen molar-refractivity contribution < 1.29 is 4.84 Å². The summed E-state index contributed by atoms with van der Waals surface area (Å²) in [7, 11) is 2.89. The molecule has 2 aromatic rings. The number of imidazole rings is 1. The largest absolute Gasteiger partial charge is 0.373 e. The number of aryl methyl sites for hydroxylation is 1. The molecular formula is C7H9N5O3. The van der Waals surface area contributed by atoms with Gasteiger partial charge in [0.05, 0.1) is 0 Å². The van der Waals surface area contributed by atoms with Crippen molar-refractivity contribution in [3.63, 3.8) is 0 Å². The number of hydrogen-bond donors (Lipinski definition) is 2. The summed E-state index contributed by atoms with van der Waals surface area (Å²) in [6.07, 6.45) is 0. The lowest BCUT2D eigenvalue weighted by atomic mass is 10.5. The van der Waals surface area contributed by atoms with Gasteiger partial charge in [0.1, 0.15) is 0 Å². The van der Waals surface area contributed by atoms with Crippen LogP contribution in [0.25, 0.3) is 11.2 Å². The van der Waals surface area contributed by atoms with E-state index in [1.54, 1.807) is 0 Å². The molecule has 2 rings (SSSR count). The van der Waals surface area contributed by atoms with Gasteiger partial charge in [0.15, 0.2) is 11.2 Å². The normalized spacial score (nSPS) is 10.9. The van der Waals surface area contributed by atoms with Gasteiger partial charge in [-0.15, -0.1) is 0 Å². The first-order valence-corrected chi connectivity index (χ1v) is 4.08. The van der Waals surface area contributed by atoms with Gasteiger partial charge in [-0.1, -0.05) is 0 Å². The van der Waals surface area contributed by atoms with Crippen LogP contribution in [0.2, 0.25) is 0 Å². The molecule has 0 fully saturated rings. The Hall–Kier alpha value is -2.09. The first-order chi connectivity index (χ1) is 7.06. The van der Waals surface area contributed by atoms with Gasteiger partial charge in [0.25, 0.3) is 5.56 Å². The molecule has 0 aliphatic carbocycles. The third-order valence-corrected chi connectivity index (χ3v) is 2.18. The molecule has 0 amide bonds. The number of hydrogen-bond acceptors (Lipinski definition) is 5. The molecule has 0 unspecified atom stereocenters. The van der Waals surface area contributed by atoms with E-state index in [2.05, 4.69) is 14.8 Å². The topological polar surface area (TPSA) is 108 Å². The minimum Gasteiger partial charge on any atom is -0.373 e. The van der Waals surface area contributed by atoms with Crippen LogP contribution >= 0.6 is 0 Å². The zero-order valence-corrected chi connectivity index (χ0v) is 8.14. The van der Waals surface area contributed by atoms with Gasteiger partial charge in [-0.3, -0.25) is 13.9 Å². The second-order valence-corrected chi connectivity index (χ2v) is 3.06. The van der Waals surface area contributed by atoms with Crippen LogP contribution in [0.15, 0.2) is 9.59 Å². The predicted molar refractivity (Wildman–Crippen MR) is 51.4 cm³/mol. The van der Waals surface area contributed by atoms with E-state index in [0.717, 1.165) is 4.57 Å². The summed E-state index contributed by atoms with van der Waals surface area (Å²) in [6.45, 7) is 0. The number of H-pyrrole nitrogens is 1. The molecule has 15 heavy (non-hydrogen) atoms. The van der Waals surface area contributed by atoms with Crippen LogP contribution in [-0.4, -0.2) is 19.1 Å². The van der Waals surface area contributed by atoms with E-state index in [0.29, 0.717) is 0 Å². The quantitative estimate of drug-likeness (QED) is 0.542. The van der Waals surface area contributed by atoms with Gasteiger partial charge >= 0.3 is 11.7 Å². The number of fused-ring (bicyclic) bond motifs is 1. The fourth-order valence-electron chi connectivity index (χ4n) is 1.36. The van der Waals surface area contributed by atoms with Gasteiger partial charge in [-0.2, -0.15) is 10.9 Å². The van der Waals surface area contributed by atoms with Gasteiger partial charge < -0.3 is 9.82 Å². The first-order valence-electron chi connectivity index (χ1n) is 4.08. The molecule has 0 bridgehead atoms. The van der Waals surface area contributed by atoms with Crippen molar-refractivity contribution in [3.05, 3.63) is 20.8 Å². The summed E-state index contributed by atoms with van der Waals surface area (Å²) in [5.74, 6) is 4.90. The summed E-state index contributed by atoms with van der Waals surface area (Å²) in [6, 6.07) is -0.0108. The molecule has 0 radical (unpaired) electrons. The molecule has 0 aliphatic heterocycles. The van der Waals surface area contributed by atoms with Crippen LogP contribution in [0, 0.1) is 0 Å². The molecule has 0 aliphatic rings. The fourth-order valence-corrected chi connectivity index (χ4v) is 1.36. The minimum absolute atomic E-state index is 0.0108. The van der Waals surface area contributed by atoms with Gasteiger partial charge in [-0.05, 0) is 0 Å². The average Bonchev–Trinajstić information content (AvgIpc) is 2.67. The number of aromatic amines is 1. The van der Waals surface area contributed by atoms with E-state index >= 15 is 0 Å². The van der Waals surface area contributed by atoms with Crippen LogP contribution < -0.4 is 22.0 Å². The summed E-state index contributed by atoms with van der Waals surface area (Å²) in [5.41, 5.74) is -0.532. The van der Waals surface area contributed by atoms with Crippen molar-refractivity contribution in [3.8, 4) is 6.01 Å². The van der Waals surface area contributed by atoms with Crippen molar-refractivity contribution in [1.82, 2.24) is 19.1 Å². The molecule has 0 saturated heterocycles. The Morgan fingerprint density at radius 3 is 2.60 bits per heavy atom. The van der Waals surface area contributed by atoms with E-state index in [4.69, 9.17) is 5.90 Å². The molecule has 3 N–H and O–H groups in total. The van der Waals surface area contributed by atoms with E-state index in [9.17, 15) is 9.59 Å². The maximum atomic E-state index is 11.6. The number of nitrogens with zero attached hydrogens (tertiary/aromatic N) is 3. The summed E-state index contributed by atoms with van der Waals surface area (Å²) in [4.78, 5) is 33.9. The van der Waals surface area contributed by atoms with Crippen LogP contribution in [0.4, 0.5) is 0 Å². The second-order valence-electron chi connectivity index (χ2n) is 3.06. The third kappa shape index (κ3) is 1.15. The standard InChI is InChI=1S/C7H9N5O3/c1-11-4-3(9-6(10-4)15-8)5(13)12(2)7(11)14/h8H2,1-2H3,(H,9,10). The first kappa shape index (κ1) is 9.46. The van der Waals surface area contributed by atoms with Crippen molar-refractivity contribution >= 4 is 11.2 Å². The van der Waals surface area contributed by atoms with Crippen molar-refractivity contribution in [1.29, 1.82) is 0 Å². The highest BCUT2D eigenvalue weighted by molar-refractivity contribution is 5.70. The number of nitrogens with two attached hydrogens (primary N) is 1. The summed E-state index contributed by atoms with van der Waals surface area (Å²) < 4.78 is 2.20. The lowest BCUT2D eigenvalue weighted by Crippen LogP contribution is -2.36. The third-order valence-electron chi connectivity index (χ3n) is 2.18. The van der Waals surface area contributed by atoms with Crippen molar-refractivity contribution in [2.75, 3.05) is 0 Å². The van der Waals surface area contributed by atoms with Gasteiger partial charge in [-0.25, -0.2) is 4.79 Å². The lowest BCUT2D eigenvalue weighted by Gasteiger charge is -2.00. The van der Waals surface area contributed by atoms with Crippen LogP contribution in [0.1, 0.15) is 0 Å². The van der Waals surface area contributed by atoms with Crippen molar-refractivity contribution in [2.24, 2.45) is 20.0 Å². The van der Waals surface area contributed by atoms with E-state index < -0.39 is 11.2 Å². The molecule has 0 saturated carbocycles. The predicted octanol–water partition coefficient (Wildman–Crippen LogP) is -1.79. The highest BCUT2D eigenvalue weighted by Gasteiger charge is 2.13. The SMILES string of the molecule is Cn1c(=O)c2[nH]c(ON)nc2n(C)c1=O. The zero-order valence-electron chi connectivity index (χ0n) is 8.14. The molecule has 0 aromatic carbocycles. The Bertz CT molecular complexity index is 634. The molecule has 2 aromatic heterocycles. The Morgan fingerprint density at radius 1 is 1.33 bits per heavy atom. The highest BCUT2D eigenvalue weighted by Crippen LogP contribution is 2.08. The molecule has 2 heterocycles. The van der Waals surface area contributed by atoms with Gasteiger partial charge in [0.2, 0.25) is 0 Å². The highest BCUT2D eigenvalue weighted by atomic mass is 16.6. The second kappa shape index (κ2) is 2.95. The van der Waals surface area contributed by atoms with Gasteiger partial charge in [0, 0.05) is 14.1 Å². The lowest BCUT2D eigenvalue weighted by molar-refractivity contribution is 0.310. The van der Waals surface area contributed by atoms with E-state index in [-0.39, 0.29) is 17.2 Å². The minimum atomic E-state index is -0.469. The monoisotopic (exact) mass is 211 g/mol. The zero-order chi connectivity index (χ0) is 11.2. The Labute approximate surface area is 82.9 Å². The number of nitrogens with one attached hydrogen (secondary N) is 1. The van der Waals surface area contributed by atoms with Crippen LogP contribution in [0.5, 0.6) is 6.01 Å². The molecular weight excluding hydrogens is 202 g/mol. The van der Waals surface area contributed by atoms with E-state index in [1.165, 1.54) is 18.7 Å². The maximum Gasteiger partial charge on any atom is 0.332 e. The Balaban J connectivity index is 3.04. The maximum absolute atomic E-state index is 11.6. The molecule has 0 atom stereocenters. The Morgan fingerprint density at radius 2 is 2.00 bits per heavy atom. The molecule has 0 spiro atoms. The van der Waals surface area contributed by atoms with E-state index in [1.807, 2.05) is 0 Å². The number of rotatable bonds is 1. The van der Waals surface area contributed by atoms with Crippen LogP contribution in [0.3, 0.4) is 0 Å². The smallest absolute Gasteiger partial charge is 0.332 e. The molecule has 80 valence electrons. The fraction of sp³-hybridized carbons (Fsp3) is 0.286. The average molecular weight is 211 g/mol. The summed E-state index contributed by atoms with van der Waals surface area (Å²) >= 11 is 0. The Kier molecular flexibility index (Phi) is 1.86. The summed E-state index contributed by atoms with van der Waals surface area (Å²) in [5, 5.41) is 0. The molecule has 8 nitrogen and oxygen atoms in total. The molecule has 8 heteroatoms. The number of aromatic nitrogens is 4. The van der Waals surface area contributed by atoms with Crippen LogP contribution in [-0.2, 0) is 14.1 Å². The van der Waals surface area contributed by atoms with Crippen molar-refractivity contribution in [2.45, 2.75) is 0 Å².